The van der Waals surface area contributed by atoms with E-state index >= 15 is 0 Å². The summed E-state index contributed by atoms with van der Waals surface area (Å²) in [5, 5.41) is 5.95. The largest absolute Gasteiger partial charge is 0.310 e. The highest BCUT2D eigenvalue weighted by atomic mass is 32.2. The van der Waals surface area contributed by atoms with Crippen LogP contribution in [-0.2, 0) is 0 Å². The van der Waals surface area contributed by atoms with Crippen LogP contribution in [0.4, 0.5) is 22.7 Å². The molecule has 0 saturated heterocycles. The van der Waals surface area contributed by atoms with Gasteiger partial charge in [-0.1, -0.05) is 78.4 Å². The summed E-state index contributed by atoms with van der Waals surface area (Å²) in [5.74, 6) is 0. The maximum absolute atomic E-state index is 5.95. The molecule has 2 N–H and O–H groups in total. The van der Waals surface area contributed by atoms with Gasteiger partial charge in [-0.15, -0.1) is 0 Å². The van der Waals surface area contributed by atoms with E-state index in [9.17, 15) is 0 Å². The fourth-order valence-corrected chi connectivity index (χ4v) is 4.86. The lowest BCUT2D eigenvalue weighted by Crippen LogP contribution is -2.30. The number of hydrogen-bond donors (Lipinski definition) is 1. The molecule has 38 heavy (non-hydrogen) atoms. The smallest absolute Gasteiger partial charge is 0.106 e. The van der Waals surface area contributed by atoms with E-state index in [4.69, 9.17) is 9.54 Å². The lowest BCUT2D eigenvalue weighted by Gasteiger charge is -2.35. The summed E-state index contributed by atoms with van der Waals surface area (Å²) in [5.41, 5.74) is 9.92. The second-order valence-corrected chi connectivity index (χ2v) is 9.53. The van der Waals surface area contributed by atoms with Crippen LogP contribution >= 0.6 is 12.1 Å². The Balaban J connectivity index is 1.69. The van der Waals surface area contributed by atoms with Crippen molar-refractivity contribution in [1.82, 2.24) is 0 Å². The summed E-state index contributed by atoms with van der Waals surface area (Å²) in [4.78, 5) is 4.41. The molecule has 4 aromatic rings. The number of aryl methyl sites for hydroxylation is 2. The topological polar surface area (TPSA) is 44.9 Å². The second-order valence-electron chi connectivity index (χ2n) is 9.14. The number of rotatable bonds is 7. The van der Waals surface area contributed by atoms with Crippen LogP contribution in [0.1, 0.15) is 11.1 Å². The number of nitrogens with two attached hydrogens (primary N) is 1. The highest BCUT2D eigenvalue weighted by Gasteiger charge is 2.29. The van der Waals surface area contributed by atoms with Crippen molar-refractivity contribution in [1.29, 1.82) is 0 Å². The van der Waals surface area contributed by atoms with E-state index in [-0.39, 0.29) is 0 Å². The molecular weight excluding hydrogens is 484 g/mol. The van der Waals surface area contributed by atoms with Crippen molar-refractivity contribution in [2.24, 2.45) is 9.54 Å². The maximum Gasteiger partial charge on any atom is 0.106 e. The molecule has 1 aliphatic rings. The van der Waals surface area contributed by atoms with Gasteiger partial charge < -0.3 is 9.80 Å². The Morgan fingerprint density at radius 3 is 1.42 bits per heavy atom. The van der Waals surface area contributed by atoms with Gasteiger partial charge in [0.25, 0.3) is 0 Å². The Morgan fingerprint density at radius 1 is 0.579 bits per heavy atom. The van der Waals surface area contributed by atoms with Crippen molar-refractivity contribution in [2.45, 2.75) is 13.8 Å². The van der Waals surface area contributed by atoms with E-state index in [1.54, 1.807) is 0 Å². The Bertz CT molecular complexity index is 1500. The summed E-state index contributed by atoms with van der Waals surface area (Å²) in [7, 11) is 0. The molecule has 1 aliphatic carbocycles. The van der Waals surface area contributed by atoms with Crippen LogP contribution in [0.15, 0.2) is 149 Å². The van der Waals surface area contributed by atoms with Crippen molar-refractivity contribution in [2.75, 3.05) is 9.80 Å². The third-order valence-electron chi connectivity index (χ3n) is 6.48. The Kier molecular flexibility index (Phi) is 7.59. The average molecular weight is 515 g/mol. The Morgan fingerprint density at radius 2 is 0.974 bits per heavy atom. The van der Waals surface area contributed by atoms with E-state index in [0.29, 0.717) is 0 Å². The zero-order chi connectivity index (χ0) is 26.5. The molecule has 188 valence electrons. The van der Waals surface area contributed by atoms with Crippen LogP contribution in [0.25, 0.3) is 0 Å². The molecule has 0 spiro atoms. The molecule has 0 bridgehead atoms. The number of hydrogen-bond acceptors (Lipinski definition) is 5. The molecule has 4 aromatic carbocycles. The minimum Gasteiger partial charge on any atom is -0.310 e. The molecule has 5 heteroatoms. The van der Waals surface area contributed by atoms with Gasteiger partial charge in [-0.25, -0.2) is 0 Å². The molecule has 4 nitrogen and oxygen atoms in total. The van der Waals surface area contributed by atoms with Crippen LogP contribution in [0.5, 0.6) is 0 Å². The van der Waals surface area contributed by atoms with E-state index in [0.717, 1.165) is 57.6 Å². The summed E-state index contributed by atoms with van der Waals surface area (Å²) in [6.45, 7) is 8.73. The molecule has 5 rings (SSSR count). The number of anilines is 4. The minimum absolute atomic E-state index is 0.729. The van der Waals surface area contributed by atoms with Gasteiger partial charge >= 0.3 is 0 Å². The van der Waals surface area contributed by atoms with E-state index in [2.05, 4.69) is 115 Å². The van der Waals surface area contributed by atoms with Gasteiger partial charge in [0.15, 0.2) is 0 Å². The summed E-state index contributed by atoms with van der Waals surface area (Å²) in [6.07, 6.45) is 4.23. The molecule has 0 saturated carbocycles. The Labute approximate surface area is 229 Å². The molecule has 0 heterocycles. The van der Waals surface area contributed by atoms with Gasteiger partial charge in [-0.05, 0) is 74.5 Å². The number of allylic oxidation sites excluding steroid dienone is 4. The standard InChI is InChI=1S/C33H30N4S/c1-24-14-18-29(19-15-24)36(27-10-6-4-7-11-27)31-22-23-32(33(26(31)3)35-38-34)37(28-12-8-5-9-13-28)30-20-16-25(2)17-21-30/h4-23H,3,34H2,1-2H3/b35-33+. The monoisotopic (exact) mass is 514 g/mol. The zero-order valence-electron chi connectivity index (χ0n) is 21.6. The van der Waals surface area contributed by atoms with Gasteiger partial charge in [-0.2, -0.15) is 4.40 Å². The van der Waals surface area contributed by atoms with E-state index in [1.807, 2.05) is 36.4 Å². The third kappa shape index (κ3) is 5.21. The molecule has 0 amide bonds. The predicted molar refractivity (Wildman–Crippen MR) is 164 cm³/mol. The van der Waals surface area contributed by atoms with E-state index in [1.165, 1.54) is 11.1 Å². The van der Waals surface area contributed by atoms with E-state index < -0.39 is 0 Å². The Hall–Kier alpha value is -4.32. The SMILES string of the molecule is C=C1C(N(c2ccccc2)c2ccc(C)cc2)=CC=C(N(c2ccccc2)c2ccc(C)cc2)/C1=N/SN. The van der Waals surface area contributed by atoms with Crippen LogP contribution in [0.2, 0.25) is 0 Å². The van der Waals surface area contributed by atoms with Crippen molar-refractivity contribution in [3.8, 4) is 0 Å². The first-order valence-corrected chi connectivity index (χ1v) is 13.3. The number of nitrogens with zero attached hydrogens (tertiary/aromatic N) is 3. The quantitative estimate of drug-likeness (QED) is 0.251. The third-order valence-corrected chi connectivity index (χ3v) is 6.76. The van der Waals surface area contributed by atoms with Crippen molar-refractivity contribution < 1.29 is 0 Å². The highest BCUT2D eigenvalue weighted by molar-refractivity contribution is 7.95. The molecule has 0 atom stereocenters. The van der Waals surface area contributed by atoms with Gasteiger partial charge in [0, 0.05) is 28.3 Å². The molecule has 0 fully saturated rings. The number of para-hydroxylation sites is 2. The summed E-state index contributed by atoms with van der Waals surface area (Å²) in [6, 6.07) is 37.6. The van der Waals surface area contributed by atoms with Gasteiger partial charge in [0.05, 0.1) is 23.5 Å². The van der Waals surface area contributed by atoms with Gasteiger partial charge in [-0.3, -0.25) is 5.14 Å². The molecular formula is C33H30N4S. The number of benzene rings is 4. The highest BCUT2D eigenvalue weighted by Crippen LogP contribution is 2.39. The molecule has 0 unspecified atom stereocenters. The predicted octanol–water partition coefficient (Wildman–Crippen LogP) is 8.58. The minimum atomic E-state index is 0.729. The zero-order valence-corrected chi connectivity index (χ0v) is 22.4. The summed E-state index contributed by atoms with van der Waals surface area (Å²) >= 11 is 0.947. The average Bonchev–Trinajstić information content (AvgIpc) is 2.95. The van der Waals surface area contributed by atoms with Crippen molar-refractivity contribution in [3.05, 3.63) is 156 Å². The van der Waals surface area contributed by atoms with Crippen molar-refractivity contribution >= 4 is 40.6 Å². The lowest BCUT2D eigenvalue weighted by molar-refractivity contribution is 1.16. The second kappa shape index (κ2) is 11.4. The molecule has 0 aliphatic heterocycles. The first-order chi connectivity index (χ1) is 18.6. The maximum atomic E-state index is 5.95. The van der Waals surface area contributed by atoms with Crippen LogP contribution in [0.3, 0.4) is 0 Å². The normalized spacial score (nSPS) is 14.2. The lowest BCUT2D eigenvalue weighted by atomic mass is 9.96. The van der Waals surface area contributed by atoms with Crippen molar-refractivity contribution in [3.63, 3.8) is 0 Å². The van der Waals surface area contributed by atoms with Crippen LogP contribution in [-0.4, -0.2) is 5.71 Å². The summed E-state index contributed by atoms with van der Waals surface area (Å²) < 4.78 is 4.70. The van der Waals surface area contributed by atoms with Crippen LogP contribution < -0.4 is 14.9 Å². The first kappa shape index (κ1) is 25.3. The fraction of sp³-hybridized carbons (Fsp3) is 0.0606. The van der Waals surface area contributed by atoms with Gasteiger partial charge in [0.2, 0.25) is 0 Å². The first-order valence-electron chi connectivity index (χ1n) is 12.5. The molecule has 0 aromatic heterocycles. The van der Waals surface area contributed by atoms with Crippen LogP contribution in [0, 0.1) is 13.8 Å². The molecule has 0 radical (unpaired) electrons. The fourth-order valence-electron chi connectivity index (χ4n) is 4.55. The van der Waals surface area contributed by atoms with Gasteiger partial charge in [0.1, 0.15) is 5.71 Å².